The molecule has 20 nitrogen and oxygen atoms in total. The number of aromatic nitrogens is 8. The Balaban J connectivity index is 0.000000181. The van der Waals surface area contributed by atoms with Gasteiger partial charge < -0.3 is 19.6 Å². The van der Waals surface area contributed by atoms with Gasteiger partial charge in [-0.2, -0.15) is 9.03 Å². The number of amides is 2. The highest BCUT2D eigenvalue weighted by atomic mass is 32.2. The van der Waals surface area contributed by atoms with Crippen LogP contribution in [0.25, 0.3) is 11.3 Å². The van der Waals surface area contributed by atoms with Gasteiger partial charge in [0.15, 0.2) is 11.3 Å². The second-order valence-electron chi connectivity index (χ2n) is 14.6. The van der Waals surface area contributed by atoms with Crippen molar-refractivity contribution in [3.63, 3.8) is 0 Å². The van der Waals surface area contributed by atoms with Crippen molar-refractivity contribution in [1.29, 1.82) is 0 Å². The topological polar surface area (TPSA) is 208 Å². The number of anilines is 2. The van der Waals surface area contributed by atoms with Crippen LogP contribution < -0.4 is 9.80 Å². The van der Waals surface area contributed by atoms with E-state index in [2.05, 4.69) is 40.4 Å². The van der Waals surface area contributed by atoms with E-state index in [4.69, 9.17) is 0 Å². The molecule has 2 aliphatic heterocycles. The number of hydrogen-bond donors (Lipinski definition) is 0. The van der Waals surface area contributed by atoms with E-state index < -0.39 is 20.0 Å². The van der Waals surface area contributed by atoms with Crippen LogP contribution in [0.1, 0.15) is 11.1 Å². The first-order valence-corrected chi connectivity index (χ1v) is 22.0. The van der Waals surface area contributed by atoms with Crippen molar-refractivity contribution in [1.82, 2.24) is 58.0 Å². The van der Waals surface area contributed by atoms with Crippen molar-refractivity contribution in [3.05, 3.63) is 96.6 Å². The molecule has 2 saturated heterocycles. The zero-order chi connectivity index (χ0) is 42.6. The zero-order valence-corrected chi connectivity index (χ0v) is 35.3. The minimum Gasteiger partial charge on any atom is -0.352 e. The molecule has 0 bridgehead atoms. The Morgan fingerprint density at radius 3 is 1.47 bits per heavy atom. The number of nitrogens with zero attached hydrogens (tertiary/aromatic N) is 14. The van der Waals surface area contributed by atoms with E-state index in [1.165, 1.54) is 36.8 Å². The van der Waals surface area contributed by atoms with Crippen LogP contribution in [-0.2, 0) is 42.5 Å². The van der Waals surface area contributed by atoms with Gasteiger partial charge >= 0.3 is 0 Å². The number of carbonyl (C=O) groups excluding carboxylic acids is 2. The maximum absolute atomic E-state index is 12.8. The average molecular weight is 859 g/mol. The summed E-state index contributed by atoms with van der Waals surface area (Å²) in [6.07, 6.45) is 3.53. The van der Waals surface area contributed by atoms with Gasteiger partial charge in [-0.3, -0.25) is 9.59 Å². The number of rotatable bonds is 10. The molecule has 0 spiro atoms. The van der Waals surface area contributed by atoms with Gasteiger partial charge in [0.25, 0.3) is 0 Å². The Kier molecular flexibility index (Phi) is 12.4. The molecule has 2 aromatic carbocycles. The maximum atomic E-state index is 12.8. The Hall–Kier alpha value is -6.10. The number of carbonyl (C=O) groups is 2. The van der Waals surface area contributed by atoms with E-state index >= 15 is 0 Å². The summed E-state index contributed by atoms with van der Waals surface area (Å²) in [7, 11) is -1.03. The molecule has 2 fully saturated rings. The Morgan fingerprint density at radius 1 is 0.550 bits per heavy atom. The Labute approximate surface area is 347 Å². The molecule has 4 aromatic heterocycles. The summed E-state index contributed by atoms with van der Waals surface area (Å²) in [4.78, 5) is 33.7. The SMILES string of the molecule is CN(C)S(=O)(=O)c1ccc(CC(=O)N2CCN(c3ccc4nncn4n3)CC2)cc1.CN(C)S(=O)(=O)c1cccc(CC(=O)N2CCN(c3ccc4nncn4n3)CC2)c1. The van der Waals surface area contributed by atoms with Crippen LogP contribution in [-0.4, -0.2) is 167 Å². The minimum atomic E-state index is -3.53. The smallest absolute Gasteiger partial charge is 0.242 e. The highest BCUT2D eigenvalue weighted by molar-refractivity contribution is 7.89. The van der Waals surface area contributed by atoms with Crippen LogP contribution in [0.2, 0.25) is 0 Å². The van der Waals surface area contributed by atoms with Crippen molar-refractivity contribution >= 4 is 54.8 Å². The number of fused-ring (bicyclic) bond motifs is 2. The standard InChI is InChI=1S/2C19H23N7O3S/c1-23(2)30(28,29)16-5-3-15(4-6-16)13-19(27)25-11-9-24(10-12-25)18-8-7-17-21-20-14-26(17)22-18;1-23(2)30(28,29)16-5-3-4-15(12-16)13-19(27)25-10-8-24(9-11-25)18-7-6-17-21-20-14-26(17)22-18/h3-8,14H,9-13H2,1-2H3;3-7,12,14H,8-11,13H2,1-2H3. The Bertz CT molecular complexity index is 2690. The first-order valence-electron chi connectivity index (χ1n) is 19.1. The second kappa shape index (κ2) is 17.6. The van der Waals surface area contributed by atoms with Crippen LogP contribution in [0.15, 0.2) is 95.2 Å². The Morgan fingerprint density at radius 2 is 1.00 bits per heavy atom. The predicted molar refractivity (Wildman–Crippen MR) is 221 cm³/mol. The van der Waals surface area contributed by atoms with Gasteiger partial charge in [-0.15, -0.1) is 30.6 Å². The second-order valence-corrected chi connectivity index (χ2v) is 18.9. The van der Waals surface area contributed by atoms with E-state index in [-0.39, 0.29) is 34.4 Å². The van der Waals surface area contributed by atoms with Crippen molar-refractivity contribution in [2.75, 3.05) is 90.3 Å². The monoisotopic (exact) mass is 858 g/mol. The van der Waals surface area contributed by atoms with Gasteiger partial charge in [-0.1, -0.05) is 24.3 Å². The van der Waals surface area contributed by atoms with Crippen LogP contribution in [0.5, 0.6) is 0 Å². The third-order valence-electron chi connectivity index (χ3n) is 10.3. The van der Waals surface area contributed by atoms with Crippen molar-refractivity contribution in [2.24, 2.45) is 0 Å². The molecule has 2 aliphatic rings. The number of sulfonamides is 2. The fourth-order valence-electron chi connectivity index (χ4n) is 6.73. The van der Waals surface area contributed by atoms with Crippen molar-refractivity contribution in [3.8, 4) is 0 Å². The molecule has 6 heterocycles. The lowest BCUT2D eigenvalue weighted by Crippen LogP contribution is -2.49. The fraction of sp³-hybridized carbons (Fsp3) is 0.368. The van der Waals surface area contributed by atoms with Gasteiger partial charge in [0, 0.05) is 80.5 Å². The molecular weight excluding hydrogens is 813 g/mol. The van der Waals surface area contributed by atoms with Crippen molar-refractivity contribution < 1.29 is 26.4 Å². The van der Waals surface area contributed by atoms with Crippen LogP contribution in [0.3, 0.4) is 0 Å². The molecular formula is C38H46N14O6S2. The quantitative estimate of drug-likeness (QED) is 0.184. The zero-order valence-electron chi connectivity index (χ0n) is 33.7. The summed E-state index contributed by atoms with van der Waals surface area (Å²) >= 11 is 0. The number of piperazine rings is 2. The summed E-state index contributed by atoms with van der Waals surface area (Å²) in [6.45, 7) is 5.08. The first-order chi connectivity index (χ1) is 28.7. The third-order valence-corrected chi connectivity index (χ3v) is 13.9. The van der Waals surface area contributed by atoms with Gasteiger partial charge in [-0.25, -0.2) is 25.4 Å². The molecule has 0 N–H and O–H groups in total. The van der Waals surface area contributed by atoms with E-state index in [0.717, 1.165) is 17.2 Å². The molecule has 0 radical (unpaired) electrons. The maximum Gasteiger partial charge on any atom is 0.242 e. The third kappa shape index (κ3) is 9.35. The summed E-state index contributed by atoms with van der Waals surface area (Å²) in [5, 5.41) is 24.6. The van der Waals surface area contributed by atoms with Gasteiger partial charge in [0.2, 0.25) is 31.9 Å². The molecule has 0 atom stereocenters. The summed E-state index contributed by atoms with van der Waals surface area (Å²) < 4.78 is 54.5. The largest absolute Gasteiger partial charge is 0.352 e. The molecule has 0 saturated carbocycles. The van der Waals surface area contributed by atoms with E-state index in [9.17, 15) is 26.4 Å². The van der Waals surface area contributed by atoms with Crippen LogP contribution >= 0.6 is 0 Å². The lowest BCUT2D eigenvalue weighted by molar-refractivity contribution is -0.131. The summed E-state index contributed by atoms with van der Waals surface area (Å²) in [5.74, 6) is 1.65. The predicted octanol–water partition coefficient (Wildman–Crippen LogP) is 0.532. The average Bonchev–Trinajstić information content (AvgIpc) is 3.94. The van der Waals surface area contributed by atoms with Gasteiger partial charge in [-0.05, 0) is 59.7 Å². The van der Waals surface area contributed by atoms with E-state index in [1.807, 2.05) is 29.2 Å². The van der Waals surface area contributed by atoms with Crippen LogP contribution in [0.4, 0.5) is 11.6 Å². The molecule has 8 rings (SSSR count). The normalized spacial score (nSPS) is 15.2. The lowest BCUT2D eigenvalue weighted by Gasteiger charge is -2.35. The highest BCUT2D eigenvalue weighted by Gasteiger charge is 2.25. The highest BCUT2D eigenvalue weighted by Crippen LogP contribution is 2.20. The molecule has 2 amide bonds. The van der Waals surface area contributed by atoms with Gasteiger partial charge in [0.1, 0.15) is 24.3 Å². The lowest BCUT2D eigenvalue weighted by atomic mass is 10.1. The molecule has 6 aromatic rings. The minimum absolute atomic E-state index is 0.0173. The van der Waals surface area contributed by atoms with Gasteiger partial charge in [0.05, 0.1) is 22.6 Å². The van der Waals surface area contributed by atoms with E-state index in [1.54, 1.807) is 75.1 Å². The fourth-order valence-corrected chi connectivity index (χ4v) is 8.61. The summed E-state index contributed by atoms with van der Waals surface area (Å²) in [5.41, 5.74) is 2.85. The summed E-state index contributed by atoms with van der Waals surface area (Å²) in [6, 6.07) is 20.6. The van der Waals surface area contributed by atoms with E-state index in [0.29, 0.717) is 69.2 Å². The number of benzene rings is 2. The molecule has 0 unspecified atom stereocenters. The molecule has 316 valence electrons. The number of hydrogen-bond acceptors (Lipinski definition) is 14. The molecule has 60 heavy (non-hydrogen) atoms. The molecule has 22 heteroatoms. The first kappa shape index (κ1) is 42.0. The molecule has 0 aliphatic carbocycles. The van der Waals surface area contributed by atoms with Crippen LogP contribution in [0, 0.1) is 0 Å². The van der Waals surface area contributed by atoms with Crippen molar-refractivity contribution in [2.45, 2.75) is 22.6 Å².